The van der Waals surface area contributed by atoms with E-state index in [-0.39, 0.29) is 27.7 Å². The molecule has 1 atom stereocenters. The third-order valence-corrected chi connectivity index (χ3v) is 7.31. The highest BCUT2D eigenvalue weighted by atomic mass is 79.9. The number of ketones is 1. The Balaban J connectivity index is 1.72. The molecule has 0 bridgehead atoms. The van der Waals surface area contributed by atoms with E-state index < -0.39 is 5.92 Å². The number of nitrogens with zero attached hydrogens (tertiary/aromatic N) is 3. The molecule has 0 saturated heterocycles. The van der Waals surface area contributed by atoms with Crippen molar-refractivity contribution in [3.8, 4) is 6.07 Å². The van der Waals surface area contributed by atoms with Gasteiger partial charge in [-0.05, 0) is 48.2 Å². The number of fused-ring (bicyclic) bond motifs is 1. The first-order chi connectivity index (χ1) is 16.7. The molecule has 1 aliphatic carbocycles. The Bertz CT molecular complexity index is 1470. The molecule has 5 rings (SSSR count). The number of allylic oxidation sites excluding steroid dienone is 3. The molecular formula is C27H23BrClN5O. The van der Waals surface area contributed by atoms with Crippen LogP contribution in [-0.2, 0) is 4.79 Å². The molecule has 176 valence electrons. The molecule has 3 N–H and O–H groups in total. The lowest BCUT2D eigenvalue weighted by Crippen LogP contribution is -2.44. The number of rotatable bonds is 3. The maximum absolute atomic E-state index is 13.7. The zero-order chi connectivity index (χ0) is 24.9. The van der Waals surface area contributed by atoms with Crippen molar-refractivity contribution in [2.45, 2.75) is 32.6 Å². The van der Waals surface area contributed by atoms with E-state index in [9.17, 15) is 10.1 Å². The Hall–Kier alpha value is -3.34. The molecule has 8 heteroatoms. The second-order valence-corrected chi connectivity index (χ2v) is 10.9. The molecule has 0 radical (unpaired) electrons. The predicted octanol–water partition coefficient (Wildman–Crippen LogP) is 6.41. The molecule has 35 heavy (non-hydrogen) atoms. The summed E-state index contributed by atoms with van der Waals surface area (Å²) in [5.74, 6) is -0.464. The molecule has 0 saturated carbocycles. The Labute approximate surface area is 217 Å². The topological polar surface area (TPSA) is 95.0 Å². The third kappa shape index (κ3) is 4.18. The van der Waals surface area contributed by atoms with E-state index >= 15 is 0 Å². The normalized spacial score (nSPS) is 19.6. The van der Waals surface area contributed by atoms with E-state index in [1.807, 2.05) is 54.6 Å². The zero-order valence-electron chi connectivity index (χ0n) is 19.3. The monoisotopic (exact) mass is 547 g/mol. The second-order valence-electron chi connectivity index (χ2n) is 9.66. The minimum Gasteiger partial charge on any atom is -0.383 e. The zero-order valence-corrected chi connectivity index (χ0v) is 21.6. The Morgan fingerprint density at radius 2 is 1.91 bits per heavy atom. The van der Waals surface area contributed by atoms with E-state index in [2.05, 4.69) is 46.3 Å². The van der Waals surface area contributed by atoms with Crippen molar-refractivity contribution in [2.75, 3.05) is 5.43 Å². The first kappa shape index (κ1) is 23.4. The third-order valence-electron chi connectivity index (χ3n) is 6.48. The quantitative estimate of drug-likeness (QED) is 0.367. The van der Waals surface area contributed by atoms with Crippen LogP contribution in [0.5, 0.6) is 0 Å². The fourth-order valence-corrected chi connectivity index (χ4v) is 5.43. The summed E-state index contributed by atoms with van der Waals surface area (Å²) >= 11 is 10.1. The van der Waals surface area contributed by atoms with Crippen LogP contribution in [0.3, 0.4) is 0 Å². The van der Waals surface area contributed by atoms with Crippen molar-refractivity contribution in [3.05, 3.63) is 92.5 Å². The van der Waals surface area contributed by atoms with E-state index in [1.54, 1.807) is 5.01 Å². The molecule has 2 aliphatic rings. The van der Waals surface area contributed by atoms with Crippen LogP contribution in [0.1, 0.15) is 38.2 Å². The summed E-state index contributed by atoms with van der Waals surface area (Å²) in [6.07, 6.45) is 0.970. The molecule has 6 nitrogen and oxygen atoms in total. The Morgan fingerprint density at radius 1 is 1.20 bits per heavy atom. The summed E-state index contributed by atoms with van der Waals surface area (Å²) < 4.78 is 0.940. The lowest BCUT2D eigenvalue weighted by atomic mass is 9.69. The number of nitrogens with one attached hydrogen (secondary N) is 1. The number of Topliss-reactive ketones (excluding diaryl/α,β-unsaturated/α-hetero) is 1. The Kier molecular flexibility index (Phi) is 5.82. The van der Waals surface area contributed by atoms with Crippen LogP contribution in [0, 0.1) is 16.7 Å². The van der Waals surface area contributed by atoms with Crippen molar-refractivity contribution in [2.24, 2.45) is 11.1 Å². The van der Waals surface area contributed by atoms with Gasteiger partial charge in [0.05, 0.1) is 34.5 Å². The van der Waals surface area contributed by atoms with Crippen molar-refractivity contribution >= 4 is 49.9 Å². The maximum Gasteiger partial charge on any atom is 0.162 e. The minimum atomic E-state index is -0.689. The fraction of sp³-hybridized carbons (Fsp3) is 0.222. The summed E-state index contributed by atoms with van der Waals surface area (Å²) in [4.78, 5) is 18.2. The highest BCUT2D eigenvalue weighted by Gasteiger charge is 2.45. The molecule has 2 aromatic carbocycles. The number of halogens is 2. The smallest absolute Gasteiger partial charge is 0.162 e. The van der Waals surface area contributed by atoms with Crippen molar-refractivity contribution in [3.63, 3.8) is 0 Å². The molecule has 1 aliphatic heterocycles. The number of hydrogen-bond donors (Lipinski definition) is 2. The van der Waals surface area contributed by atoms with Gasteiger partial charge in [0, 0.05) is 27.4 Å². The van der Waals surface area contributed by atoms with Gasteiger partial charge in [-0.3, -0.25) is 10.2 Å². The number of carbonyl (C=O) groups excluding carboxylic acids is 1. The molecular weight excluding hydrogens is 526 g/mol. The number of hydrogen-bond acceptors (Lipinski definition) is 6. The summed E-state index contributed by atoms with van der Waals surface area (Å²) in [5.41, 5.74) is 13.4. The van der Waals surface area contributed by atoms with E-state index in [0.29, 0.717) is 24.0 Å². The number of pyridine rings is 1. The fourth-order valence-electron chi connectivity index (χ4n) is 4.91. The van der Waals surface area contributed by atoms with Crippen LogP contribution in [0.2, 0.25) is 5.15 Å². The lowest BCUT2D eigenvalue weighted by Gasteiger charge is -2.43. The van der Waals surface area contributed by atoms with Gasteiger partial charge < -0.3 is 5.73 Å². The minimum absolute atomic E-state index is 0.0201. The number of carbonyl (C=O) groups is 1. The Morgan fingerprint density at radius 3 is 2.63 bits per heavy atom. The number of benzene rings is 2. The highest BCUT2D eigenvalue weighted by Crippen LogP contribution is 2.50. The van der Waals surface area contributed by atoms with Gasteiger partial charge in [-0.25, -0.2) is 9.99 Å². The van der Waals surface area contributed by atoms with Gasteiger partial charge in [-0.15, -0.1) is 0 Å². The SMILES string of the molecule is CC1(C)CC(=O)C2=C(C1)N(Nc1ccc(Br)cc1)C(N)=C(C#N)C2c1cc2ccccc2nc1Cl. The highest BCUT2D eigenvalue weighted by molar-refractivity contribution is 9.10. The largest absolute Gasteiger partial charge is 0.383 e. The first-order valence-electron chi connectivity index (χ1n) is 11.2. The number of para-hydroxylation sites is 1. The van der Waals surface area contributed by atoms with Gasteiger partial charge in [-0.1, -0.05) is 59.6 Å². The van der Waals surface area contributed by atoms with Gasteiger partial charge in [0.15, 0.2) is 5.78 Å². The average molecular weight is 549 g/mol. The predicted molar refractivity (Wildman–Crippen MR) is 141 cm³/mol. The molecule has 0 amide bonds. The lowest BCUT2D eigenvalue weighted by molar-refractivity contribution is -0.118. The molecule has 0 fully saturated rings. The molecule has 0 spiro atoms. The molecule has 1 unspecified atom stereocenters. The number of nitrogens with two attached hydrogens (primary N) is 1. The number of anilines is 1. The van der Waals surface area contributed by atoms with Gasteiger partial charge in [0.25, 0.3) is 0 Å². The molecule has 3 aromatic rings. The number of hydrazine groups is 1. The van der Waals surface area contributed by atoms with Crippen LogP contribution < -0.4 is 11.2 Å². The van der Waals surface area contributed by atoms with Gasteiger partial charge >= 0.3 is 0 Å². The first-order valence-corrected chi connectivity index (χ1v) is 12.4. The second kappa shape index (κ2) is 8.71. The van der Waals surface area contributed by atoms with Crippen molar-refractivity contribution in [1.82, 2.24) is 9.99 Å². The average Bonchev–Trinajstić information content (AvgIpc) is 2.81. The molecule has 2 heterocycles. The van der Waals surface area contributed by atoms with E-state index in [0.717, 1.165) is 26.8 Å². The summed E-state index contributed by atoms with van der Waals surface area (Å²) in [6.45, 7) is 4.12. The van der Waals surface area contributed by atoms with Crippen LogP contribution in [0.4, 0.5) is 5.69 Å². The van der Waals surface area contributed by atoms with Crippen LogP contribution in [0.15, 0.2) is 81.7 Å². The summed E-state index contributed by atoms with van der Waals surface area (Å²) in [5, 5.41) is 13.1. The van der Waals surface area contributed by atoms with Crippen molar-refractivity contribution < 1.29 is 4.79 Å². The van der Waals surface area contributed by atoms with Crippen LogP contribution >= 0.6 is 27.5 Å². The van der Waals surface area contributed by atoms with Crippen LogP contribution in [-0.4, -0.2) is 15.8 Å². The van der Waals surface area contributed by atoms with Gasteiger partial charge in [0.2, 0.25) is 0 Å². The van der Waals surface area contributed by atoms with Crippen LogP contribution in [0.25, 0.3) is 10.9 Å². The number of aromatic nitrogens is 1. The maximum atomic E-state index is 13.7. The van der Waals surface area contributed by atoms with Gasteiger partial charge in [0.1, 0.15) is 11.0 Å². The van der Waals surface area contributed by atoms with E-state index in [4.69, 9.17) is 17.3 Å². The van der Waals surface area contributed by atoms with Gasteiger partial charge in [-0.2, -0.15) is 5.26 Å². The summed E-state index contributed by atoms with van der Waals surface area (Å²) in [6, 6.07) is 19.4. The molecule has 1 aromatic heterocycles. The van der Waals surface area contributed by atoms with E-state index in [1.165, 1.54) is 0 Å². The summed E-state index contributed by atoms with van der Waals surface area (Å²) in [7, 11) is 0. The number of nitriles is 1. The van der Waals surface area contributed by atoms with Crippen molar-refractivity contribution in [1.29, 1.82) is 5.26 Å². The standard InChI is InChI=1S/C27H23BrClN5O/c1-27(2)12-21-24(22(35)13-27)23(18-11-15-5-3-4-6-20(15)32-25(18)29)19(14-30)26(31)34(21)33-17-9-7-16(28)8-10-17/h3-11,23,33H,12-13,31H2,1-2H3.